The predicted molar refractivity (Wildman–Crippen MR) is 81.2 cm³/mol. The Labute approximate surface area is 132 Å². The number of rotatable bonds is 2. The van der Waals surface area contributed by atoms with Crippen molar-refractivity contribution in [3.8, 4) is 0 Å². The van der Waals surface area contributed by atoms with Gasteiger partial charge in [-0.25, -0.2) is 14.5 Å². The van der Waals surface area contributed by atoms with E-state index >= 15 is 0 Å². The molecule has 1 rings (SSSR count). The number of hydrogen-bond donors (Lipinski definition) is 0. The molecule has 0 aromatic heterocycles. The maximum absolute atomic E-state index is 12.6. The summed E-state index contributed by atoms with van der Waals surface area (Å²) < 4.78 is 10.7. The summed E-state index contributed by atoms with van der Waals surface area (Å²) in [6, 6.07) is 0. The van der Waals surface area contributed by atoms with Gasteiger partial charge in [0.05, 0.1) is 0 Å². The van der Waals surface area contributed by atoms with E-state index in [9.17, 15) is 14.4 Å². The standard InChI is InChI=1S/C16H27NO5/c1-8-16(12(19)21-14(2,3)4)10-9-11(18)17(16)13(20)22-15(5,6)7/h8-10H2,1-7H3. The molecule has 0 bridgehead atoms. The lowest BCUT2D eigenvalue weighted by molar-refractivity contribution is -0.170. The molecule has 1 unspecified atom stereocenters. The van der Waals surface area contributed by atoms with Crippen LogP contribution in [-0.4, -0.2) is 39.6 Å². The molecule has 6 heteroatoms. The van der Waals surface area contributed by atoms with Crippen LogP contribution in [0.2, 0.25) is 0 Å². The van der Waals surface area contributed by atoms with Crippen LogP contribution in [0.1, 0.15) is 67.7 Å². The molecule has 6 nitrogen and oxygen atoms in total. The Morgan fingerprint density at radius 3 is 2.00 bits per heavy atom. The van der Waals surface area contributed by atoms with E-state index < -0.39 is 34.7 Å². The summed E-state index contributed by atoms with van der Waals surface area (Å²) in [5, 5.41) is 0. The number of carbonyl (C=O) groups excluding carboxylic acids is 3. The van der Waals surface area contributed by atoms with Crippen molar-refractivity contribution in [2.45, 2.75) is 84.5 Å². The normalized spacial score (nSPS) is 22.7. The minimum absolute atomic E-state index is 0.131. The van der Waals surface area contributed by atoms with E-state index in [-0.39, 0.29) is 12.8 Å². The molecular formula is C16H27NO5. The summed E-state index contributed by atoms with van der Waals surface area (Å²) in [6.07, 6.45) is -0.0990. The summed E-state index contributed by atoms with van der Waals surface area (Å²) in [4.78, 5) is 38.1. The predicted octanol–water partition coefficient (Wildman–Crippen LogP) is 3.03. The molecule has 22 heavy (non-hydrogen) atoms. The first kappa shape index (κ1) is 18.5. The number of carbonyl (C=O) groups is 3. The Hall–Kier alpha value is -1.59. The van der Waals surface area contributed by atoms with Crippen LogP contribution in [-0.2, 0) is 19.1 Å². The zero-order chi connectivity index (χ0) is 17.3. The molecule has 0 aromatic carbocycles. The Bertz CT molecular complexity index is 472. The summed E-state index contributed by atoms with van der Waals surface area (Å²) in [5.74, 6) is -0.957. The van der Waals surface area contributed by atoms with Crippen molar-refractivity contribution in [1.29, 1.82) is 0 Å². The minimum atomic E-state index is -1.27. The molecule has 2 amide bonds. The average Bonchev–Trinajstić information content (AvgIpc) is 2.63. The second-order valence-electron chi connectivity index (χ2n) is 7.60. The molecule has 1 atom stereocenters. The third-order valence-electron chi connectivity index (χ3n) is 3.37. The van der Waals surface area contributed by atoms with E-state index in [2.05, 4.69) is 0 Å². The van der Waals surface area contributed by atoms with Crippen molar-refractivity contribution in [1.82, 2.24) is 4.90 Å². The molecule has 0 spiro atoms. The van der Waals surface area contributed by atoms with Crippen LogP contribution in [0, 0.1) is 0 Å². The van der Waals surface area contributed by atoms with Crippen LogP contribution in [0.5, 0.6) is 0 Å². The van der Waals surface area contributed by atoms with Gasteiger partial charge in [0.15, 0.2) is 5.54 Å². The van der Waals surface area contributed by atoms with Gasteiger partial charge in [-0.15, -0.1) is 0 Å². The fourth-order valence-electron chi connectivity index (χ4n) is 2.41. The molecule has 1 fully saturated rings. The summed E-state index contributed by atoms with van der Waals surface area (Å²) in [6.45, 7) is 12.2. The van der Waals surface area contributed by atoms with Gasteiger partial charge in [-0.1, -0.05) is 6.92 Å². The van der Waals surface area contributed by atoms with Crippen LogP contribution in [0.25, 0.3) is 0 Å². The largest absolute Gasteiger partial charge is 0.458 e. The molecule has 1 saturated heterocycles. The zero-order valence-electron chi connectivity index (χ0n) is 14.6. The zero-order valence-corrected chi connectivity index (χ0v) is 14.6. The molecule has 0 N–H and O–H groups in total. The molecule has 0 aromatic rings. The first-order chi connectivity index (χ1) is 9.82. The third kappa shape index (κ3) is 3.99. The van der Waals surface area contributed by atoms with Gasteiger partial charge in [0, 0.05) is 6.42 Å². The number of nitrogens with zero attached hydrogens (tertiary/aromatic N) is 1. The highest BCUT2D eigenvalue weighted by Gasteiger charge is 2.56. The first-order valence-corrected chi connectivity index (χ1v) is 7.62. The van der Waals surface area contributed by atoms with Crippen molar-refractivity contribution in [3.63, 3.8) is 0 Å². The van der Waals surface area contributed by atoms with Crippen molar-refractivity contribution in [3.05, 3.63) is 0 Å². The molecule has 0 aliphatic carbocycles. The summed E-state index contributed by atoms with van der Waals surface area (Å²) in [5.41, 5.74) is -2.70. The fraction of sp³-hybridized carbons (Fsp3) is 0.812. The second-order valence-corrected chi connectivity index (χ2v) is 7.60. The summed E-state index contributed by atoms with van der Waals surface area (Å²) in [7, 11) is 0. The van der Waals surface area contributed by atoms with E-state index in [1.165, 1.54) is 0 Å². The third-order valence-corrected chi connectivity index (χ3v) is 3.37. The van der Waals surface area contributed by atoms with E-state index in [0.717, 1.165) is 4.90 Å². The molecule has 126 valence electrons. The van der Waals surface area contributed by atoms with Crippen LogP contribution in [0.3, 0.4) is 0 Å². The van der Waals surface area contributed by atoms with Crippen molar-refractivity contribution in [2.24, 2.45) is 0 Å². The van der Waals surface area contributed by atoms with Gasteiger partial charge in [0.25, 0.3) is 0 Å². The Morgan fingerprint density at radius 1 is 1.09 bits per heavy atom. The number of hydrogen-bond acceptors (Lipinski definition) is 5. The minimum Gasteiger partial charge on any atom is -0.458 e. The van der Waals surface area contributed by atoms with Crippen LogP contribution < -0.4 is 0 Å². The lowest BCUT2D eigenvalue weighted by atomic mass is 9.92. The Kier molecular flexibility index (Phi) is 4.94. The van der Waals surface area contributed by atoms with Gasteiger partial charge in [-0.05, 0) is 54.4 Å². The maximum Gasteiger partial charge on any atom is 0.418 e. The number of ether oxygens (including phenoxy) is 2. The van der Waals surface area contributed by atoms with Crippen molar-refractivity contribution in [2.75, 3.05) is 0 Å². The van der Waals surface area contributed by atoms with Gasteiger partial charge in [0.1, 0.15) is 11.2 Å². The molecule has 1 aliphatic rings. The highest BCUT2D eigenvalue weighted by Crippen LogP contribution is 2.37. The quantitative estimate of drug-likeness (QED) is 0.733. The van der Waals surface area contributed by atoms with Crippen molar-refractivity contribution < 1.29 is 23.9 Å². The van der Waals surface area contributed by atoms with E-state index in [1.54, 1.807) is 48.5 Å². The monoisotopic (exact) mass is 313 g/mol. The Balaban J connectivity index is 3.13. The van der Waals surface area contributed by atoms with Crippen molar-refractivity contribution >= 4 is 18.0 Å². The van der Waals surface area contributed by atoms with Crippen LogP contribution >= 0.6 is 0 Å². The van der Waals surface area contributed by atoms with Gasteiger partial charge < -0.3 is 9.47 Å². The lowest BCUT2D eigenvalue weighted by Crippen LogP contribution is -2.57. The summed E-state index contributed by atoms with van der Waals surface area (Å²) >= 11 is 0. The SMILES string of the molecule is CCC1(C(=O)OC(C)(C)C)CCC(=O)N1C(=O)OC(C)(C)C. The van der Waals surface area contributed by atoms with Gasteiger partial charge in [-0.2, -0.15) is 0 Å². The highest BCUT2D eigenvalue weighted by atomic mass is 16.6. The lowest BCUT2D eigenvalue weighted by Gasteiger charge is -2.36. The highest BCUT2D eigenvalue weighted by molar-refractivity contribution is 6.02. The fourth-order valence-corrected chi connectivity index (χ4v) is 2.41. The number of imide groups is 1. The van der Waals surface area contributed by atoms with Crippen LogP contribution in [0.4, 0.5) is 4.79 Å². The van der Waals surface area contributed by atoms with Gasteiger partial charge in [0.2, 0.25) is 5.91 Å². The second kappa shape index (κ2) is 5.89. The molecular weight excluding hydrogens is 286 g/mol. The molecule has 0 radical (unpaired) electrons. The van der Waals surface area contributed by atoms with Crippen LogP contribution in [0.15, 0.2) is 0 Å². The maximum atomic E-state index is 12.6. The number of likely N-dealkylation sites (tertiary alicyclic amines) is 1. The molecule has 1 heterocycles. The van der Waals surface area contributed by atoms with E-state index in [0.29, 0.717) is 6.42 Å². The Morgan fingerprint density at radius 2 is 1.59 bits per heavy atom. The van der Waals surface area contributed by atoms with Gasteiger partial charge in [-0.3, -0.25) is 4.79 Å². The molecule has 0 saturated carbocycles. The first-order valence-electron chi connectivity index (χ1n) is 7.62. The average molecular weight is 313 g/mol. The molecule has 1 aliphatic heterocycles. The smallest absolute Gasteiger partial charge is 0.418 e. The number of amides is 2. The van der Waals surface area contributed by atoms with E-state index in [1.807, 2.05) is 0 Å². The topological polar surface area (TPSA) is 72.9 Å². The van der Waals surface area contributed by atoms with E-state index in [4.69, 9.17) is 9.47 Å². The number of esters is 1. The van der Waals surface area contributed by atoms with Gasteiger partial charge >= 0.3 is 12.1 Å².